The van der Waals surface area contributed by atoms with Crippen LogP contribution in [0.3, 0.4) is 0 Å². The SMILES string of the molecule is CSc1c(Br)cc(F)cc1Br. The van der Waals surface area contributed by atoms with E-state index in [-0.39, 0.29) is 5.82 Å². The van der Waals surface area contributed by atoms with E-state index in [1.807, 2.05) is 6.26 Å². The van der Waals surface area contributed by atoms with Crippen molar-refractivity contribution < 1.29 is 4.39 Å². The summed E-state index contributed by atoms with van der Waals surface area (Å²) >= 11 is 8.10. The van der Waals surface area contributed by atoms with E-state index in [2.05, 4.69) is 31.9 Å². The number of thioether (sulfide) groups is 1. The summed E-state index contributed by atoms with van der Waals surface area (Å²) in [7, 11) is 0. The summed E-state index contributed by atoms with van der Waals surface area (Å²) in [5.41, 5.74) is 0. The van der Waals surface area contributed by atoms with Gasteiger partial charge in [0.05, 0.1) is 0 Å². The molecule has 1 rings (SSSR count). The minimum atomic E-state index is -0.235. The predicted molar refractivity (Wildman–Crippen MR) is 53.6 cm³/mol. The first-order valence-electron chi connectivity index (χ1n) is 2.83. The van der Waals surface area contributed by atoms with Crippen LogP contribution in [0, 0.1) is 5.82 Å². The molecule has 0 heterocycles. The van der Waals surface area contributed by atoms with Gasteiger partial charge in [-0.15, -0.1) is 11.8 Å². The standard InChI is InChI=1S/C7H5Br2FS/c1-11-7-5(8)2-4(10)3-6(7)9/h2-3H,1H3. The van der Waals surface area contributed by atoms with Crippen LogP contribution in [0.1, 0.15) is 0 Å². The van der Waals surface area contributed by atoms with Crippen LogP contribution in [0.5, 0.6) is 0 Å². The molecule has 11 heavy (non-hydrogen) atoms. The van der Waals surface area contributed by atoms with Crippen LogP contribution >= 0.6 is 43.6 Å². The monoisotopic (exact) mass is 298 g/mol. The topological polar surface area (TPSA) is 0 Å². The molecule has 0 N–H and O–H groups in total. The van der Waals surface area contributed by atoms with Crippen molar-refractivity contribution in [2.45, 2.75) is 4.90 Å². The summed E-state index contributed by atoms with van der Waals surface area (Å²) in [4.78, 5) is 1.02. The van der Waals surface area contributed by atoms with Gasteiger partial charge in [-0.05, 0) is 50.2 Å². The van der Waals surface area contributed by atoms with Gasteiger partial charge in [-0.3, -0.25) is 0 Å². The van der Waals surface area contributed by atoms with E-state index in [0.29, 0.717) is 0 Å². The number of hydrogen-bond acceptors (Lipinski definition) is 1. The Labute approximate surface area is 85.8 Å². The zero-order chi connectivity index (χ0) is 8.43. The van der Waals surface area contributed by atoms with E-state index >= 15 is 0 Å². The third-order valence-electron chi connectivity index (χ3n) is 1.17. The van der Waals surface area contributed by atoms with E-state index in [4.69, 9.17) is 0 Å². The Kier molecular flexibility index (Phi) is 3.40. The van der Waals surface area contributed by atoms with Crippen molar-refractivity contribution in [3.05, 3.63) is 26.9 Å². The Balaban J connectivity index is 3.25. The fraction of sp³-hybridized carbons (Fsp3) is 0.143. The zero-order valence-electron chi connectivity index (χ0n) is 5.70. The third kappa shape index (κ3) is 2.20. The maximum absolute atomic E-state index is 12.7. The van der Waals surface area contributed by atoms with Crippen LogP contribution in [-0.2, 0) is 0 Å². The lowest BCUT2D eigenvalue weighted by Gasteiger charge is -2.02. The van der Waals surface area contributed by atoms with Gasteiger partial charge in [0.1, 0.15) is 5.82 Å². The molecule has 0 nitrogen and oxygen atoms in total. The fourth-order valence-electron chi connectivity index (χ4n) is 0.724. The molecular formula is C7H5Br2FS. The molecular weight excluding hydrogens is 295 g/mol. The van der Waals surface area contributed by atoms with Gasteiger partial charge in [-0.1, -0.05) is 0 Å². The summed E-state index contributed by atoms with van der Waals surface area (Å²) in [6.45, 7) is 0. The molecule has 60 valence electrons. The lowest BCUT2D eigenvalue weighted by molar-refractivity contribution is 0.624. The van der Waals surface area contributed by atoms with E-state index in [0.717, 1.165) is 13.8 Å². The number of rotatable bonds is 1. The van der Waals surface area contributed by atoms with E-state index in [1.165, 1.54) is 12.1 Å². The van der Waals surface area contributed by atoms with Gasteiger partial charge in [0.25, 0.3) is 0 Å². The number of benzene rings is 1. The van der Waals surface area contributed by atoms with Crippen molar-refractivity contribution >= 4 is 43.6 Å². The van der Waals surface area contributed by atoms with Crippen molar-refractivity contribution in [2.75, 3.05) is 6.26 Å². The van der Waals surface area contributed by atoms with Crippen LogP contribution in [0.15, 0.2) is 26.0 Å². The molecule has 0 aliphatic heterocycles. The Hall–Kier alpha value is 0.460. The van der Waals surface area contributed by atoms with Crippen molar-refractivity contribution in [3.63, 3.8) is 0 Å². The van der Waals surface area contributed by atoms with Gasteiger partial charge in [0.2, 0.25) is 0 Å². The highest BCUT2D eigenvalue weighted by molar-refractivity contribution is 9.11. The Morgan fingerprint density at radius 3 is 2.09 bits per heavy atom. The molecule has 0 bridgehead atoms. The Morgan fingerprint density at radius 2 is 1.73 bits per heavy atom. The quantitative estimate of drug-likeness (QED) is 0.704. The normalized spacial score (nSPS) is 10.2. The molecule has 4 heteroatoms. The minimum Gasteiger partial charge on any atom is -0.207 e. The van der Waals surface area contributed by atoms with Crippen molar-refractivity contribution in [1.82, 2.24) is 0 Å². The van der Waals surface area contributed by atoms with Crippen molar-refractivity contribution in [2.24, 2.45) is 0 Å². The van der Waals surface area contributed by atoms with E-state index in [9.17, 15) is 4.39 Å². The van der Waals surface area contributed by atoms with Gasteiger partial charge < -0.3 is 0 Å². The summed E-state index contributed by atoms with van der Waals surface area (Å²) in [5.74, 6) is -0.235. The molecule has 1 aromatic carbocycles. The van der Waals surface area contributed by atoms with Crippen LogP contribution in [0.2, 0.25) is 0 Å². The third-order valence-corrected chi connectivity index (χ3v) is 3.79. The van der Waals surface area contributed by atoms with Crippen LogP contribution in [0.25, 0.3) is 0 Å². The molecule has 0 spiro atoms. The van der Waals surface area contributed by atoms with Crippen molar-refractivity contribution in [1.29, 1.82) is 0 Å². The summed E-state index contributed by atoms with van der Waals surface area (Å²) in [6, 6.07) is 2.91. The first kappa shape index (κ1) is 9.55. The second-order valence-electron chi connectivity index (χ2n) is 1.90. The highest BCUT2D eigenvalue weighted by atomic mass is 79.9. The molecule has 0 aliphatic rings. The highest BCUT2D eigenvalue weighted by Crippen LogP contribution is 2.33. The van der Waals surface area contributed by atoms with Crippen LogP contribution < -0.4 is 0 Å². The first-order chi connectivity index (χ1) is 5.15. The Morgan fingerprint density at radius 1 is 1.27 bits per heavy atom. The lowest BCUT2D eigenvalue weighted by Crippen LogP contribution is -1.80. The molecule has 0 fully saturated rings. The maximum atomic E-state index is 12.7. The average molecular weight is 300 g/mol. The molecule has 0 saturated heterocycles. The van der Waals surface area contributed by atoms with E-state index in [1.54, 1.807) is 11.8 Å². The van der Waals surface area contributed by atoms with Crippen LogP contribution in [0.4, 0.5) is 4.39 Å². The predicted octanol–water partition coefficient (Wildman–Crippen LogP) is 4.07. The molecule has 0 unspecified atom stereocenters. The molecule has 0 aliphatic carbocycles. The summed E-state index contributed by atoms with van der Waals surface area (Å²) in [5, 5.41) is 0. The van der Waals surface area contributed by atoms with Gasteiger partial charge in [0.15, 0.2) is 0 Å². The molecule has 0 aromatic heterocycles. The summed E-state index contributed by atoms with van der Waals surface area (Å²) in [6.07, 6.45) is 1.95. The minimum absolute atomic E-state index is 0.235. The van der Waals surface area contributed by atoms with Gasteiger partial charge in [-0.25, -0.2) is 4.39 Å². The number of halogens is 3. The van der Waals surface area contributed by atoms with Gasteiger partial charge in [-0.2, -0.15) is 0 Å². The van der Waals surface area contributed by atoms with Gasteiger partial charge >= 0.3 is 0 Å². The largest absolute Gasteiger partial charge is 0.207 e. The second-order valence-corrected chi connectivity index (χ2v) is 4.43. The highest BCUT2D eigenvalue weighted by Gasteiger charge is 2.05. The zero-order valence-corrected chi connectivity index (χ0v) is 9.69. The summed E-state index contributed by atoms with van der Waals surface area (Å²) < 4.78 is 14.3. The smallest absolute Gasteiger partial charge is 0.125 e. The molecule has 0 atom stereocenters. The molecule has 1 aromatic rings. The molecule has 0 amide bonds. The van der Waals surface area contributed by atoms with Crippen molar-refractivity contribution in [3.8, 4) is 0 Å². The molecule has 0 saturated carbocycles. The van der Waals surface area contributed by atoms with Gasteiger partial charge in [0, 0.05) is 13.8 Å². The van der Waals surface area contributed by atoms with E-state index < -0.39 is 0 Å². The first-order valence-corrected chi connectivity index (χ1v) is 5.64. The fourth-order valence-corrected chi connectivity index (χ4v) is 3.33. The number of hydrogen-bond donors (Lipinski definition) is 0. The second kappa shape index (κ2) is 3.92. The molecule has 0 radical (unpaired) electrons. The lowest BCUT2D eigenvalue weighted by atomic mass is 10.3. The maximum Gasteiger partial charge on any atom is 0.125 e. The van der Waals surface area contributed by atoms with Crippen LogP contribution in [-0.4, -0.2) is 6.26 Å². The average Bonchev–Trinajstić information content (AvgIpc) is 1.85. The Bertz CT molecular complexity index is 252.